The van der Waals surface area contributed by atoms with E-state index in [2.05, 4.69) is 21.2 Å². The molecule has 2 heterocycles. The highest BCUT2D eigenvalue weighted by Gasteiger charge is 2.23. The largest absolute Gasteiger partial charge is 0.451 e. The molecule has 1 N–H and O–H groups in total. The molecule has 1 aromatic carbocycles. The molecule has 0 bridgehead atoms. The summed E-state index contributed by atoms with van der Waals surface area (Å²) in [5.41, 5.74) is 0.901. The first kappa shape index (κ1) is 17.2. The summed E-state index contributed by atoms with van der Waals surface area (Å²) in [4.78, 5) is 13.5. The molecule has 126 valence electrons. The molecular formula is C16H14BrNO4S2. The summed E-state index contributed by atoms with van der Waals surface area (Å²) in [6.07, 6.45) is 1.14. The quantitative estimate of drug-likeness (QED) is 0.672. The number of fused-ring (bicyclic) bond motifs is 1. The van der Waals surface area contributed by atoms with Gasteiger partial charge in [0, 0.05) is 31.9 Å². The van der Waals surface area contributed by atoms with Crippen LogP contribution in [-0.2, 0) is 22.1 Å². The van der Waals surface area contributed by atoms with Gasteiger partial charge in [0.05, 0.1) is 12.3 Å². The fraction of sp³-hybridized carbons (Fsp3) is 0.188. The molecule has 0 atom stereocenters. The molecule has 3 rings (SSSR count). The topological polar surface area (TPSA) is 76.4 Å². The zero-order valence-corrected chi connectivity index (χ0v) is 15.9. The van der Waals surface area contributed by atoms with Gasteiger partial charge in [-0.25, -0.2) is 8.42 Å². The van der Waals surface area contributed by atoms with Gasteiger partial charge in [0.25, 0.3) is 5.91 Å². The maximum absolute atomic E-state index is 12.5. The average Bonchev–Trinajstić information content (AvgIpc) is 3.08. The summed E-state index contributed by atoms with van der Waals surface area (Å²) >= 11 is 4.88. The zero-order chi connectivity index (χ0) is 17.3. The molecule has 0 aliphatic carbocycles. The van der Waals surface area contributed by atoms with Gasteiger partial charge in [0.15, 0.2) is 15.6 Å². The summed E-state index contributed by atoms with van der Waals surface area (Å²) in [7, 11) is -3.30. The SMILES string of the molecule is CS(=O)(=O)Cc1c(C(=O)NCc2cc(Br)cs2)oc2ccccc12. The van der Waals surface area contributed by atoms with Crippen molar-refractivity contribution in [1.29, 1.82) is 0 Å². The van der Waals surface area contributed by atoms with Gasteiger partial charge in [-0.2, -0.15) is 0 Å². The number of carbonyl (C=O) groups is 1. The molecule has 0 fully saturated rings. The lowest BCUT2D eigenvalue weighted by Crippen LogP contribution is -2.23. The van der Waals surface area contributed by atoms with Crippen molar-refractivity contribution >= 4 is 54.0 Å². The first-order chi connectivity index (χ1) is 11.3. The van der Waals surface area contributed by atoms with Crippen molar-refractivity contribution in [1.82, 2.24) is 5.32 Å². The van der Waals surface area contributed by atoms with Gasteiger partial charge in [-0.05, 0) is 28.1 Å². The van der Waals surface area contributed by atoms with Gasteiger partial charge < -0.3 is 9.73 Å². The Bertz CT molecular complexity index is 1000. The number of para-hydroxylation sites is 1. The number of rotatable bonds is 5. The van der Waals surface area contributed by atoms with Crippen LogP contribution in [-0.4, -0.2) is 20.6 Å². The molecule has 0 unspecified atom stereocenters. The van der Waals surface area contributed by atoms with Gasteiger partial charge in [-0.1, -0.05) is 18.2 Å². The Kier molecular flexibility index (Phi) is 4.80. The molecule has 0 aliphatic rings. The third-order valence-corrected chi connectivity index (χ3v) is 5.87. The standard InChI is InChI=1S/C16H14BrNO4S2/c1-24(20,21)9-13-12-4-2-3-5-14(12)22-15(13)16(19)18-7-11-6-10(17)8-23-11/h2-6,8H,7,9H2,1H3,(H,18,19). The lowest BCUT2D eigenvalue weighted by molar-refractivity contribution is 0.0925. The van der Waals surface area contributed by atoms with Crippen LogP contribution >= 0.6 is 27.3 Å². The van der Waals surface area contributed by atoms with Crippen LogP contribution in [0.5, 0.6) is 0 Å². The van der Waals surface area contributed by atoms with E-state index in [1.165, 1.54) is 11.3 Å². The Labute approximate surface area is 151 Å². The first-order valence-corrected chi connectivity index (χ1v) is 10.8. The Hall–Kier alpha value is -1.64. The third-order valence-electron chi connectivity index (χ3n) is 3.36. The van der Waals surface area contributed by atoms with Crippen molar-refractivity contribution < 1.29 is 17.6 Å². The highest BCUT2D eigenvalue weighted by molar-refractivity contribution is 9.10. The number of thiophene rings is 1. The van der Waals surface area contributed by atoms with Crippen molar-refractivity contribution in [2.45, 2.75) is 12.3 Å². The van der Waals surface area contributed by atoms with Crippen molar-refractivity contribution in [3.05, 3.63) is 56.4 Å². The van der Waals surface area contributed by atoms with Crippen molar-refractivity contribution in [2.75, 3.05) is 6.26 Å². The van der Waals surface area contributed by atoms with E-state index in [-0.39, 0.29) is 11.5 Å². The molecule has 3 aromatic rings. The summed E-state index contributed by atoms with van der Waals surface area (Å²) in [5, 5.41) is 5.35. The van der Waals surface area contributed by atoms with Crippen LogP contribution in [0.2, 0.25) is 0 Å². The molecule has 24 heavy (non-hydrogen) atoms. The minimum atomic E-state index is -3.30. The third kappa shape index (κ3) is 3.88. The lowest BCUT2D eigenvalue weighted by atomic mass is 10.1. The van der Waals surface area contributed by atoms with E-state index in [0.29, 0.717) is 23.1 Å². The van der Waals surface area contributed by atoms with E-state index in [9.17, 15) is 13.2 Å². The Morgan fingerprint density at radius 2 is 2.08 bits per heavy atom. The van der Waals surface area contributed by atoms with Crippen LogP contribution in [0, 0.1) is 0 Å². The van der Waals surface area contributed by atoms with Crippen molar-refractivity contribution in [2.24, 2.45) is 0 Å². The molecule has 0 aliphatic heterocycles. The molecule has 2 aromatic heterocycles. The molecule has 1 amide bonds. The van der Waals surface area contributed by atoms with Crippen LogP contribution in [0.15, 0.2) is 44.6 Å². The van der Waals surface area contributed by atoms with Gasteiger partial charge in [-0.15, -0.1) is 11.3 Å². The van der Waals surface area contributed by atoms with E-state index in [0.717, 1.165) is 15.6 Å². The maximum atomic E-state index is 12.5. The zero-order valence-electron chi connectivity index (χ0n) is 12.7. The molecule has 0 spiro atoms. The summed E-state index contributed by atoms with van der Waals surface area (Å²) in [6.45, 7) is 0.352. The second-order valence-corrected chi connectivity index (χ2v) is 9.44. The molecule has 0 radical (unpaired) electrons. The molecular weight excluding hydrogens is 414 g/mol. The summed E-state index contributed by atoms with van der Waals surface area (Å²) in [5.74, 6) is -0.608. The van der Waals surface area contributed by atoms with Crippen LogP contribution in [0.4, 0.5) is 0 Å². The molecule has 0 saturated heterocycles. The number of amides is 1. The Balaban J connectivity index is 1.92. The highest BCUT2D eigenvalue weighted by Crippen LogP contribution is 2.28. The second kappa shape index (κ2) is 6.70. The fourth-order valence-electron chi connectivity index (χ4n) is 2.38. The second-order valence-electron chi connectivity index (χ2n) is 5.39. The predicted octanol–water partition coefficient (Wildman–Crippen LogP) is 3.73. The van der Waals surface area contributed by atoms with Crippen LogP contribution < -0.4 is 5.32 Å². The van der Waals surface area contributed by atoms with Gasteiger partial charge >= 0.3 is 0 Å². The Morgan fingerprint density at radius 1 is 1.33 bits per heavy atom. The molecule has 0 saturated carbocycles. The Morgan fingerprint density at radius 3 is 2.75 bits per heavy atom. The van der Waals surface area contributed by atoms with E-state index in [1.54, 1.807) is 24.3 Å². The van der Waals surface area contributed by atoms with Crippen molar-refractivity contribution in [3.63, 3.8) is 0 Å². The van der Waals surface area contributed by atoms with E-state index in [4.69, 9.17) is 4.42 Å². The lowest BCUT2D eigenvalue weighted by Gasteiger charge is -2.04. The number of hydrogen-bond acceptors (Lipinski definition) is 5. The highest BCUT2D eigenvalue weighted by atomic mass is 79.9. The van der Waals surface area contributed by atoms with Gasteiger partial charge in [0.1, 0.15) is 5.58 Å². The fourth-order valence-corrected chi connectivity index (χ4v) is 4.58. The summed E-state index contributed by atoms with van der Waals surface area (Å²) in [6, 6.07) is 8.96. The molecule has 5 nitrogen and oxygen atoms in total. The number of furan rings is 1. The normalized spacial score (nSPS) is 11.8. The maximum Gasteiger partial charge on any atom is 0.287 e. The van der Waals surface area contributed by atoms with E-state index in [1.807, 2.05) is 11.4 Å². The van der Waals surface area contributed by atoms with Crippen LogP contribution in [0.25, 0.3) is 11.0 Å². The van der Waals surface area contributed by atoms with E-state index >= 15 is 0 Å². The average molecular weight is 428 g/mol. The van der Waals surface area contributed by atoms with Crippen LogP contribution in [0.3, 0.4) is 0 Å². The van der Waals surface area contributed by atoms with E-state index < -0.39 is 15.7 Å². The van der Waals surface area contributed by atoms with Crippen molar-refractivity contribution in [3.8, 4) is 0 Å². The monoisotopic (exact) mass is 427 g/mol. The number of carbonyl (C=O) groups excluding carboxylic acids is 1. The van der Waals surface area contributed by atoms with Gasteiger partial charge in [-0.3, -0.25) is 4.79 Å². The number of hydrogen-bond donors (Lipinski definition) is 1. The number of sulfone groups is 1. The van der Waals surface area contributed by atoms with Crippen LogP contribution in [0.1, 0.15) is 21.0 Å². The van der Waals surface area contributed by atoms with Gasteiger partial charge in [0.2, 0.25) is 0 Å². The number of benzene rings is 1. The summed E-state index contributed by atoms with van der Waals surface area (Å²) < 4.78 is 30.0. The number of nitrogens with one attached hydrogen (secondary N) is 1. The number of halogens is 1. The minimum Gasteiger partial charge on any atom is -0.451 e. The minimum absolute atomic E-state index is 0.0530. The smallest absolute Gasteiger partial charge is 0.287 e. The predicted molar refractivity (Wildman–Crippen MR) is 98.0 cm³/mol. The molecule has 8 heteroatoms. The first-order valence-electron chi connectivity index (χ1n) is 7.03.